The zero-order valence-corrected chi connectivity index (χ0v) is 14.0. The molecule has 3 aromatic rings. The van der Waals surface area contributed by atoms with Gasteiger partial charge >= 0.3 is 0 Å². The van der Waals surface area contributed by atoms with E-state index in [9.17, 15) is 15.0 Å². The number of hydrogen-bond donors (Lipinski definition) is 3. The van der Waals surface area contributed by atoms with E-state index >= 15 is 0 Å². The van der Waals surface area contributed by atoms with Gasteiger partial charge in [-0.3, -0.25) is 9.78 Å². The first-order chi connectivity index (χ1) is 12.6. The summed E-state index contributed by atoms with van der Waals surface area (Å²) in [6.07, 6.45) is 4.12. The van der Waals surface area contributed by atoms with Gasteiger partial charge in [0.1, 0.15) is 5.75 Å². The fourth-order valence-electron chi connectivity index (χ4n) is 3.41. The lowest BCUT2D eigenvalue weighted by Crippen LogP contribution is -2.41. The topological polar surface area (TPSA) is 95.3 Å². The van der Waals surface area contributed by atoms with Crippen LogP contribution in [0.4, 0.5) is 0 Å². The van der Waals surface area contributed by atoms with Gasteiger partial charge in [0, 0.05) is 17.8 Å². The second-order valence-electron chi connectivity index (χ2n) is 6.67. The van der Waals surface area contributed by atoms with Crippen molar-refractivity contribution in [3.05, 3.63) is 66.1 Å². The molecule has 2 heterocycles. The van der Waals surface area contributed by atoms with Crippen LogP contribution in [-0.2, 0) is 0 Å². The highest BCUT2D eigenvalue weighted by atomic mass is 16.3. The standard InChI is InChI=1S/C20H19N3O3/c24-15-9-13(10-15)18(23-20(26)19-17(25)6-3-7-21-19)14-8-12-4-1-2-5-16(12)22-11-14/h1-8,11,13,15,18,24-25H,9-10H2,(H,23,26)/t13?,15?,18-/m1/s1. The predicted octanol–water partition coefficient (Wildman–Crippen LogP) is 2.58. The summed E-state index contributed by atoms with van der Waals surface area (Å²) in [4.78, 5) is 21.1. The SMILES string of the molecule is O=C(N[C@@H](c1cnc2ccccc2c1)C1CC(O)C1)c1ncccc1O. The largest absolute Gasteiger partial charge is 0.505 e. The van der Waals surface area contributed by atoms with Crippen molar-refractivity contribution in [2.24, 2.45) is 5.92 Å². The van der Waals surface area contributed by atoms with Crippen LogP contribution in [0.25, 0.3) is 10.9 Å². The van der Waals surface area contributed by atoms with Crippen molar-refractivity contribution in [3.8, 4) is 5.75 Å². The van der Waals surface area contributed by atoms with Crippen LogP contribution in [-0.4, -0.2) is 32.2 Å². The summed E-state index contributed by atoms with van der Waals surface area (Å²) < 4.78 is 0. The zero-order chi connectivity index (χ0) is 18.1. The number of aromatic hydroxyl groups is 1. The number of hydrogen-bond acceptors (Lipinski definition) is 5. The molecule has 2 aromatic heterocycles. The maximum absolute atomic E-state index is 12.6. The highest BCUT2D eigenvalue weighted by Crippen LogP contribution is 2.38. The van der Waals surface area contributed by atoms with E-state index in [1.165, 1.54) is 12.3 Å². The molecule has 6 nitrogen and oxygen atoms in total. The van der Waals surface area contributed by atoms with Crippen LogP contribution in [0.3, 0.4) is 0 Å². The maximum atomic E-state index is 12.6. The highest BCUT2D eigenvalue weighted by Gasteiger charge is 2.36. The Labute approximate surface area is 150 Å². The number of carbonyl (C=O) groups excluding carboxylic acids is 1. The molecule has 0 unspecified atom stereocenters. The van der Waals surface area contributed by atoms with Crippen LogP contribution in [0.15, 0.2) is 54.9 Å². The summed E-state index contributed by atoms with van der Waals surface area (Å²) in [6, 6.07) is 12.5. The predicted molar refractivity (Wildman–Crippen MR) is 96.6 cm³/mol. The Morgan fingerprint density at radius 1 is 1.15 bits per heavy atom. The van der Waals surface area contributed by atoms with Gasteiger partial charge in [-0.25, -0.2) is 4.98 Å². The van der Waals surface area contributed by atoms with Gasteiger partial charge in [0.15, 0.2) is 5.69 Å². The molecule has 26 heavy (non-hydrogen) atoms. The Balaban J connectivity index is 1.65. The minimum atomic E-state index is -0.442. The zero-order valence-electron chi connectivity index (χ0n) is 14.0. The van der Waals surface area contributed by atoms with Gasteiger partial charge in [0.2, 0.25) is 0 Å². The van der Waals surface area contributed by atoms with Crippen molar-refractivity contribution < 1.29 is 15.0 Å². The monoisotopic (exact) mass is 349 g/mol. The van der Waals surface area contributed by atoms with Crippen molar-refractivity contribution in [3.63, 3.8) is 0 Å². The summed E-state index contributed by atoms with van der Waals surface area (Å²) in [5.74, 6) is -0.487. The fraction of sp³-hybridized carbons (Fsp3) is 0.250. The van der Waals surface area contributed by atoms with Crippen LogP contribution in [0.1, 0.15) is 34.9 Å². The molecule has 1 aliphatic rings. The molecule has 0 aliphatic heterocycles. The number of nitrogens with one attached hydrogen (secondary N) is 1. The minimum Gasteiger partial charge on any atom is -0.505 e. The summed E-state index contributed by atoms with van der Waals surface area (Å²) >= 11 is 0. The number of carbonyl (C=O) groups is 1. The number of aliphatic hydroxyl groups excluding tert-OH is 1. The summed E-state index contributed by atoms with van der Waals surface area (Å²) in [6.45, 7) is 0. The van der Waals surface area contributed by atoms with Gasteiger partial charge < -0.3 is 15.5 Å². The van der Waals surface area contributed by atoms with Crippen LogP contribution in [0.5, 0.6) is 5.75 Å². The summed E-state index contributed by atoms with van der Waals surface area (Å²) in [5, 5.41) is 23.5. The number of rotatable bonds is 4. The molecule has 6 heteroatoms. The molecule has 0 bridgehead atoms. The lowest BCUT2D eigenvalue weighted by molar-refractivity contribution is 0.0234. The van der Waals surface area contributed by atoms with Gasteiger partial charge in [-0.2, -0.15) is 0 Å². The minimum absolute atomic E-state index is 0.00822. The van der Waals surface area contributed by atoms with E-state index in [0.29, 0.717) is 12.8 Å². The number of fused-ring (bicyclic) bond motifs is 1. The molecule has 1 amide bonds. The van der Waals surface area contributed by atoms with E-state index < -0.39 is 5.91 Å². The number of aliphatic hydroxyl groups is 1. The third-order valence-electron chi connectivity index (χ3n) is 4.88. The average Bonchev–Trinajstić information content (AvgIpc) is 2.63. The smallest absolute Gasteiger partial charge is 0.274 e. The van der Waals surface area contributed by atoms with E-state index in [1.807, 2.05) is 30.3 Å². The molecular weight excluding hydrogens is 330 g/mol. The van der Waals surface area contributed by atoms with Crippen LogP contribution in [0, 0.1) is 5.92 Å². The Morgan fingerprint density at radius 3 is 2.73 bits per heavy atom. The van der Waals surface area contributed by atoms with Crippen molar-refractivity contribution in [1.82, 2.24) is 15.3 Å². The van der Waals surface area contributed by atoms with Gasteiger partial charge in [0.05, 0.1) is 17.7 Å². The van der Waals surface area contributed by atoms with Gasteiger partial charge in [-0.1, -0.05) is 18.2 Å². The van der Waals surface area contributed by atoms with E-state index in [-0.39, 0.29) is 29.5 Å². The van der Waals surface area contributed by atoms with Crippen molar-refractivity contribution in [1.29, 1.82) is 0 Å². The molecular formula is C20H19N3O3. The Hall–Kier alpha value is -2.99. The quantitative estimate of drug-likeness (QED) is 0.673. The second kappa shape index (κ2) is 6.72. The molecule has 132 valence electrons. The van der Waals surface area contributed by atoms with Crippen molar-refractivity contribution in [2.45, 2.75) is 25.0 Å². The van der Waals surface area contributed by atoms with E-state index in [2.05, 4.69) is 15.3 Å². The summed E-state index contributed by atoms with van der Waals surface area (Å²) in [5.41, 5.74) is 1.76. The van der Waals surface area contributed by atoms with E-state index in [0.717, 1.165) is 16.5 Å². The van der Waals surface area contributed by atoms with Gasteiger partial charge in [0.25, 0.3) is 5.91 Å². The highest BCUT2D eigenvalue weighted by molar-refractivity contribution is 5.95. The molecule has 4 rings (SSSR count). The normalized spacial score (nSPS) is 20.3. The first-order valence-corrected chi connectivity index (χ1v) is 8.59. The maximum Gasteiger partial charge on any atom is 0.274 e. The Morgan fingerprint density at radius 2 is 1.96 bits per heavy atom. The van der Waals surface area contributed by atoms with Crippen molar-refractivity contribution in [2.75, 3.05) is 0 Å². The molecule has 1 aliphatic carbocycles. The third-order valence-corrected chi connectivity index (χ3v) is 4.88. The number of benzene rings is 1. The summed E-state index contributed by atoms with van der Waals surface area (Å²) in [7, 11) is 0. The van der Waals surface area contributed by atoms with E-state index in [4.69, 9.17) is 0 Å². The fourth-order valence-corrected chi connectivity index (χ4v) is 3.41. The average molecular weight is 349 g/mol. The number of aromatic nitrogens is 2. The number of nitrogens with zero attached hydrogens (tertiary/aromatic N) is 2. The lowest BCUT2D eigenvalue weighted by atomic mass is 9.75. The molecule has 0 radical (unpaired) electrons. The molecule has 1 saturated carbocycles. The van der Waals surface area contributed by atoms with Crippen LogP contribution < -0.4 is 5.32 Å². The molecule has 0 saturated heterocycles. The molecule has 0 spiro atoms. The molecule has 1 fully saturated rings. The molecule has 3 N–H and O–H groups in total. The molecule has 1 atom stereocenters. The van der Waals surface area contributed by atoms with E-state index in [1.54, 1.807) is 12.3 Å². The van der Waals surface area contributed by atoms with Gasteiger partial charge in [-0.05, 0) is 48.6 Å². The number of para-hydroxylation sites is 1. The number of amides is 1. The van der Waals surface area contributed by atoms with Crippen molar-refractivity contribution >= 4 is 16.8 Å². The molecule has 1 aromatic carbocycles. The Kier molecular flexibility index (Phi) is 4.26. The Bertz CT molecular complexity index is 954. The van der Waals surface area contributed by atoms with Gasteiger partial charge in [-0.15, -0.1) is 0 Å². The number of pyridine rings is 2. The third kappa shape index (κ3) is 3.11. The van der Waals surface area contributed by atoms with Crippen LogP contribution in [0.2, 0.25) is 0 Å². The lowest BCUT2D eigenvalue weighted by Gasteiger charge is -2.38. The second-order valence-corrected chi connectivity index (χ2v) is 6.67. The first kappa shape index (κ1) is 16.5. The van der Waals surface area contributed by atoms with Crippen LogP contribution >= 0.6 is 0 Å². The first-order valence-electron chi connectivity index (χ1n) is 8.59.